The smallest absolute Gasteiger partial charge is 0.389 e. The number of aromatic nitrogens is 5. The highest BCUT2D eigenvalue weighted by molar-refractivity contribution is 7.18. The second-order valence-electron chi connectivity index (χ2n) is 8.84. The number of thiophene rings is 1. The number of anilines is 2. The van der Waals surface area contributed by atoms with Gasteiger partial charge in [-0.15, -0.1) is 21.5 Å². The number of amides is 1. The van der Waals surface area contributed by atoms with Crippen LogP contribution in [0.4, 0.5) is 24.9 Å². The van der Waals surface area contributed by atoms with Crippen LogP contribution in [-0.2, 0) is 30.5 Å². The summed E-state index contributed by atoms with van der Waals surface area (Å²) in [6.45, 7) is 2.25. The molecule has 2 aliphatic heterocycles. The van der Waals surface area contributed by atoms with Gasteiger partial charge in [0.25, 0.3) is 0 Å². The third-order valence-corrected chi connectivity index (χ3v) is 7.37. The van der Waals surface area contributed by atoms with E-state index in [1.54, 1.807) is 4.90 Å². The van der Waals surface area contributed by atoms with Crippen LogP contribution in [-0.4, -0.2) is 79.2 Å². The molecule has 0 aliphatic carbocycles. The Morgan fingerprint density at radius 2 is 2.03 bits per heavy atom. The van der Waals surface area contributed by atoms with Crippen molar-refractivity contribution in [1.29, 1.82) is 0 Å². The van der Waals surface area contributed by atoms with E-state index >= 15 is 0 Å². The molecule has 1 saturated heterocycles. The van der Waals surface area contributed by atoms with Gasteiger partial charge in [0.15, 0.2) is 5.82 Å². The summed E-state index contributed by atoms with van der Waals surface area (Å²) in [5.41, 5.74) is 0. The van der Waals surface area contributed by atoms with Crippen molar-refractivity contribution < 1.29 is 28.2 Å². The second-order valence-corrected chi connectivity index (χ2v) is 9.96. The molecule has 1 amide bonds. The zero-order chi connectivity index (χ0) is 25.6. The molecule has 2 atom stereocenters. The summed E-state index contributed by atoms with van der Waals surface area (Å²) < 4.78 is 40.9. The van der Waals surface area contributed by atoms with Crippen molar-refractivity contribution in [3.05, 3.63) is 22.6 Å². The van der Waals surface area contributed by atoms with E-state index in [9.17, 15) is 23.1 Å². The van der Waals surface area contributed by atoms with Crippen molar-refractivity contribution in [1.82, 2.24) is 30.0 Å². The number of carbonyl (C=O) groups excluding carboxylic acids is 1. The molecule has 1 fully saturated rings. The third kappa shape index (κ3) is 4.57. The van der Waals surface area contributed by atoms with Gasteiger partial charge in [0.2, 0.25) is 17.7 Å². The Balaban J connectivity index is 1.49. The van der Waals surface area contributed by atoms with Gasteiger partial charge in [0.1, 0.15) is 17.3 Å². The lowest BCUT2D eigenvalue weighted by Gasteiger charge is -2.30. The van der Waals surface area contributed by atoms with Crippen LogP contribution in [0.5, 0.6) is 0 Å². The molecular weight excluding hydrogens is 501 g/mol. The van der Waals surface area contributed by atoms with Crippen LogP contribution in [0.25, 0.3) is 10.2 Å². The predicted molar refractivity (Wildman–Crippen MR) is 125 cm³/mol. The van der Waals surface area contributed by atoms with Gasteiger partial charge in [-0.3, -0.25) is 4.79 Å². The fourth-order valence-electron chi connectivity index (χ4n) is 4.59. The summed E-state index contributed by atoms with van der Waals surface area (Å²) >= 11 is 1.53. The molecule has 0 bridgehead atoms. The van der Waals surface area contributed by atoms with Crippen LogP contribution in [0.1, 0.15) is 29.9 Å². The number of halogens is 3. The third-order valence-electron chi connectivity index (χ3n) is 6.28. The number of aliphatic hydroxyl groups excluding tert-OH is 2. The van der Waals surface area contributed by atoms with Crippen LogP contribution in [0, 0.1) is 0 Å². The fraction of sp³-hybridized carbons (Fsp3) is 0.571. The number of alkyl halides is 3. The zero-order valence-electron chi connectivity index (χ0n) is 19.4. The zero-order valence-corrected chi connectivity index (χ0v) is 20.2. The molecular formula is C21H25F3N8O3S. The number of carbonyl (C=O) groups is 1. The maximum atomic E-state index is 13.3. The normalized spacial score (nSPS) is 20.3. The highest BCUT2D eigenvalue weighted by atomic mass is 32.1. The van der Waals surface area contributed by atoms with Crippen LogP contribution in [0.15, 0.2) is 6.07 Å². The summed E-state index contributed by atoms with van der Waals surface area (Å²) in [5, 5.41) is 30.0. The molecule has 0 aromatic carbocycles. The quantitative estimate of drug-likeness (QED) is 0.429. The van der Waals surface area contributed by atoms with Gasteiger partial charge in [-0.2, -0.15) is 18.2 Å². The van der Waals surface area contributed by atoms with Crippen LogP contribution < -0.4 is 15.1 Å². The fourth-order valence-corrected chi connectivity index (χ4v) is 5.71. The van der Waals surface area contributed by atoms with Gasteiger partial charge in [0.05, 0.1) is 24.1 Å². The number of aliphatic hydroxyl groups is 2. The van der Waals surface area contributed by atoms with Gasteiger partial charge >= 0.3 is 6.18 Å². The summed E-state index contributed by atoms with van der Waals surface area (Å²) in [7, 11) is 0. The SMILES string of the molecule is CCCc1cc2c(N3CCn4c(nnc4C(F)(F)F)C3)nc(N3CC(O)C(NC(=O)CO)C3)nc2s1. The topological polar surface area (TPSA) is 133 Å². The van der Waals surface area contributed by atoms with E-state index in [0.717, 1.165) is 32.5 Å². The number of nitrogens with zero attached hydrogens (tertiary/aromatic N) is 7. The van der Waals surface area contributed by atoms with Crippen LogP contribution in [0.2, 0.25) is 0 Å². The second kappa shape index (κ2) is 9.44. The lowest BCUT2D eigenvalue weighted by molar-refractivity contribution is -0.147. The van der Waals surface area contributed by atoms with Gasteiger partial charge in [-0.1, -0.05) is 13.3 Å². The van der Waals surface area contributed by atoms with E-state index in [1.165, 1.54) is 11.3 Å². The molecule has 5 heterocycles. The van der Waals surface area contributed by atoms with Crippen LogP contribution >= 0.6 is 11.3 Å². The molecule has 0 spiro atoms. The molecule has 2 unspecified atom stereocenters. The molecule has 3 aromatic rings. The average molecular weight is 527 g/mol. The Kier molecular flexibility index (Phi) is 6.46. The number of aryl methyl sites for hydroxylation is 1. The molecule has 3 aromatic heterocycles. The highest BCUT2D eigenvalue weighted by Crippen LogP contribution is 2.36. The Morgan fingerprint density at radius 1 is 1.22 bits per heavy atom. The minimum atomic E-state index is -4.58. The van der Waals surface area contributed by atoms with E-state index in [1.807, 2.05) is 11.0 Å². The van der Waals surface area contributed by atoms with Crippen molar-refractivity contribution in [2.45, 2.75) is 51.2 Å². The monoisotopic (exact) mass is 526 g/mol. The minimum absolute atomic E-state index is 0.0572. The lowest BCUT2D eigenvalue weighted by atomic mass is 10.2. The lowest BCUT2D eigenvalue weighted by Crippen LogP contribution is -2.44. The van der Waals surface area contributed by atoms with Crippen LogP contribution in [0.3, 0.4) is 0 Å². The molecule has 5 rings (SSSR count). The standard InChI is InChI=1S/C21H25F3N8O3S/c1-2-3-11-6-12-17(30-4-5-32-15(9-30)28-29-19(32)21(22,23)24)26-20(27-18(12)36-11)31-7-13(14(34)8-31)25-16(35)10-33/h6,13-14,33-34H,2-5,7-10H2,1H3,(H,25,35). The number of hydrogen-bond donors (Lipinski definition) is 3. The predicted octanol–water partition coefficient (Wildman–Crippen LogP) is 0.932. The average Bonchev–Trinajstić information content (AvgIpc) is 3.54. The number of rotatable bonds is 6. The molecule has 15 heteroatoms. The molecule has 3 N–H and O–H groups in total. The van der Waals surface area contributed by atoms with Gasteiger partial charge in [-0.05, 0) is 12.5 Å². The number of nitrogens with one attached hydrogen (secondary N) is 1. The van der Waals surface area contributed by atoms with Crippen molar-refractivity contribution in [2.75, 3.05) is 36.0 Å². The molecule has 2 aliphatic rings. The summed E-state index contributed by atoms with van der Waals surface area (Å²) in [6, 6.07) is 1.42. The first-order chi connectivity index (χ1) is 17.2. The van der Waals surface area contributed by atoms with E-state index in [4.69, 9.17) is 15.1 Å². The summed E-state index contributed by atoms with van der Waals surface area (Å²) in [5.74, 6) is -0.460. The molecule has 11 nitrogen and oxygen atoms in total. The summed E-state index contributed by atoms with van der Waals surface area (Å²) in [6.07, 6.45) is -3.66. The first-order valence-corrected chi connectivity index (χ1v) is 12.4. The Labute approximate surface area is 207 Å². The molecule has 0 saturated carbocycles. The Bertz CT molecular complexity index is 1280. The largest absolute Gasteiger partial charge is 0.451 e. The minimum Gasteiger partial charge on any atom is -0.389 e. The maximum absolute atomic E-state index is 13.3. The molecule has 36 heavy (non-hydrogen) atoms. The Morgan fingerprint density at radius 3 is 2.75 bits per heavy atom. The van der Waals surface area contributed by atoms with Crippen molar-refractivity contribution >= 4 is 39.2 Å². The maximum Gasteiger partial charge on any atom is 0.451 e. The van der Waals surface area contributed by atoms with Crippen molar-refractivity contribution in [3.8, 4) is 0 Å². The van der Waals surface area contributed by atoms with Gasteiger partial charge in [0, 0.05) is 31.1 Å². The van der Waals surface area contributed by atoms with Crippen molar-refractivity contribution in [2.24, 2.45) is 0 Å². The number of fused-ring (bicyclic) bond motifs is 2. The summed E-state index contributed by atoms with van der Waals surface area (Å²) in [4.78, 5) is 26.6. The highest BCUT2D eigenvalue weighted by Gasteiger charge is 2.40. The van der Waals surface area contributed by atoms with E-state index in [0.29, 0.717) is 11.8 Å². The first-order valence-electron chi connectivity index (χ1n) is 11.6. The Hall–Kier alpha value is -3.04. The molecule has 0 radical (unpaired) electrons. The van der Waals surface area contributed by atoms with E-state index in [-0.39, 0.29) is 38.5 Å². The van der Waals surface area contributed by atoms with Gasteiger partial charge in [-0.25, -0.2) is 4.98 Å². The van der Waals surface area contributed by atoms with E-state index in [2.05, 4.69) is 22.4 Å². The van der Waals surface area contributed by atoms with E-state index < -0.39 is 36.7 Å². The van der Waals surface area contributed by atoms with Gasteiger partial charge < -0.3 is 29.9 Å². The number of β-amino-alcohol motifs (C(OH)–C–C–N with tert-alkyl or cyclic N) is 1. The molecule has 194 valence electrons. The first kappa shape index (κ1) is 24.6. The number of hydrogen-bond acceptors (Lipinski definition) is 10. The van der Waals surface area contributed by atoms with Crippen molar-refractivity contribution in [3.63, 3.8) is 0 Å².